The van der Waals surface area contributed by atoms with E-state index in [4.69, 9.17) is 0 Å². The number of carbonyl (C=O) groups excluding carboxylic acids is 2. The zero-order valence-electron chi connectivity index (χ0n) is 12.2. The average Bonchev–Trinajstić information content (AvgIpc) is 2.78. The molecule has 20 heavy (non-hydrogen) atoms. The third kappa shape index (κ3) is 3.15. The van der Waals surface area contributed by atoms with Gasteiger partial charge in [0.15, 0.2) is 0 Å². The first-order valence-electron chi connectivity index (χ1n) is 6.94. The first kappa shape index (κ1) is 14.5. The lowest BCUT2D eigenvalue weighted by Gasteiger charge is -2.26. The van der Waals surface area contributed by atoms with Gasteiger partial charge in [0.05, 0.1) is 6.54 Å². The third-order valence-corrected chi connectivity index (χ3v) is 3.72. The molecule has 2 heterocycles. The van der Waals surface area contributed by atoms with Gasteiger partial charge >= 0.3 is 0 Å². The summed E-state index contributed by atoms with van der Waals surface area (Å²) in [7, 11) is 1.79. The van der Waals surface area contributed by atoms with Gasteiger partial charge in [-0.15, -0.1) is 5.10 Å². The number of carbonyl (C=O) groups is 2. The van der Waals surface area contributed by atoms with Crippen molar-refractivity contribution in [3.63, 3.8) is 0 Å². The van der Waals surface area contributed by atoms with Crippen LogP contribution in [-0.4, -0.2) is 44.3 Å². The normalized spacial score (nSPS) is 21.6. The molecule has 2 unspecified atom stereocenters. The highest BCUT2D eigenvalue weighted by molar-refractivity contribution is 5.90. The standard InChI is InChI=1S/C13H21N5O2/c1-4-9(2)12-13(20)18(6-5-11(19)14-12)8-10-7-17(3)16-15-10/h7,9,12H,4-6,8H2,1-3H3,(H,14,19). The Morgan fingerprint density at radius 1 is 1.50 bits per heavy atom. The second-order valence-electron chi connectivity index (χ2n) is 5.32. The summed E-state index contributed by atoms with van der Waals surface area (Å²) in [6.07, 6.45) is 2.96. The maximum absolute atomic E-state index is 12.6. The summed E-state index contributed by atoms with van der Waals surface area (Å²) in [6.45, 7) is 4.82. The molecule has 1 aliphatic rings. The van der Waals surface area contributed by atoms with Gasteiger partial charge in [0.2, 0.25) is 11.8 Å². The van der Waals surface area contributed by atoms with Crippen molar-refractivity contribution in [2.45, 2.75) is 39.3 Å². The largest absolute Gasteiger partial charge is 0.344 e. The Kier molecular flexibility index (Phi) is 4.36. The summed E-state index contributed by atoms with van der Waals surface area (Å²) in [5.41, 5.74) is 0.734. The zero-order chi connectivity index (χ0) is 14.7. The van der Waals surface area contributed by atoms with Crippen LogP contribution in [-0.2, 0) is 23.2 Å². The minimum Gasteiger partial charge on any atom is -0.344 e. The van der Waals surface area contributed by atoms with Crippen molar-refractivity contribution < 1.29 is 9.59 Å². The monoisotopic (exact) mass is 279 g/mol. The number of hydrogen-bond donors (Lipinski definition) is 1. The molecule has 1 aromatic heterocycles. The fraction of sp³-hybridized carbons (Fsp3) is 0.692. The van der Waals surface area contributed by atoms with E-state index in [1.807, 2.05) is 13.8 Å². The van der Waals surface area contributed by atoms with E-state index in [0.29, 0.717) is 19.5 Å². The summed E-state index contributed by atoms with van der Waals surface area (Å²) < 4.78 is 1.60. The van der Waals surface area contributed by atoms with Gasteiger partial charge in [0.25, 0.3) is 0 Å². The molecule has 7 heteroatoms. The SMILES string of the molecule is CCC(C)C1NC(=O)CCN(Cc2cn(C)nn2)C1=O. The van der Waals surface area contributed by atoms with Crippen LogP contribution in [0.1, 0.15) is 32.4 Å². The smallest absolute Gasteiger partial charge is 0.245 e. The lowest BCUT2D eigenvalue weighted by atomic mass is 9.98. The average molecular weight is 279 g/mol. The highest BCUT2D eigenvalue weighted by atomic mass is 16.2. The summed E-state index contributed by atoms with van der Waals surface area (Å²) in [4.78, 5) is 26.0. The molecular formula is C13H21N5O2. The van der Waals surface area contributed by atoms with E-state index < -0.39 is 6.04 Å². The fourth-order valence-electron chi connectivity index (χ4n) is 2.29. The highest BCUT2D eigenvalue weighted by Gasteiger charge is 2.33. The number of rotatable bonds is 4. The molecule has 110 valence electrons. The van der Waals surface area contributed by atoms with Crippen molar-refractivity contribution in [2.75, 3.05) is 6.54 Å². The van der Waals surface area contributed by atoms with Crippen molar-refractivity contribution >= 4 is 11.8 Å². The van der Waals surface area contributed by atoms with E-state index in [-0.39, 0.29) is 17.7 Å². The van der Waals surface area contributed by atoms with E-state index >= 15 is 0 Å². The highest BCUT2D eigenvalue weighted by Crippen LogP contribution is 2.15. The van der Waals surface area contributed by atoms with Gasteiger partial charge in [-0.25, -0.2) is 0 Å². The van der Waals surface area contributed by atoms with Crippen LogP contribution in [0.5, 0.6) is 0 Å². The van der Waals surface area contributed by atoms with Gasteiger partial charge in [0.1, 0.15) is 11.7 Å². The topological polar surface area (TPSA) is 80.1 Å². The van der Waals surface area contributed by atoms with Crippen molar-refractivity contribution in [3.8, 4) is 0 Å². The van der Waals surface area contributed by atoms with Crippen LogP contribution in [0.4, 0.5) is 0 Å². The minimum absolute atomic E-state index is 0.0316. The Bertz CT molecular complexity index is 499. The Balaban J connectivity index is 2.14. The Morgan fingerprint density at radius 2 is 2.25 bits per heavy atom. The minimum atomic E-state index is -0.438. The maximum atomic E-state index is 12.6. The lowest BCUT2D eigenvalue weighted by Crippen LogP contribution is -2.48. The van der Waals surface area contributed by atoms with Crippen molar-refractivity contribution in [3.05, 3.63) is 11.9 Å². The van der Waals surface area contributed by atoms with E-state index in [1.54, 1.807) is 22.8 Å². The van der Waals surface area contributed by atoms with E-state index in [9.17, 15) is 9.59 Å². The summed E-state index contributed by atoms with van der Waals surface area (Å²) in [5, 5.41) is 10.7. The quantitative estimate of drug-likeness (QED) is 0.846. The molecule has 1 N–H and O–H groups in total. The lowest BCUT2D eigenvalue weighted by molar-refractivity contribution is -0.135. The molecule has 0 aliphatic carbocycles. The molecule has 0 spiro atoms. The molecular weight excluding hydrogens is 258 g/mol. The summed E-state index contributed by atoms with van der Waals surface area (Å²) >= 11 is 0. The Morgan fingerprint density at radius 3 is 2.85 bits per heavy atom. The molecule has 2 rings (SSSR count). The number of aryl methyl sites for hydroxylation is 1. The van der Waals surface area contributed by atoms with E-state index in [1.165, 1.54) is 0 Å². The number of nitrogens with zero attached hydrogens (tertiary/aromatic N) is 4. The third-order valence-electron chi connectivity index (χ3n) is 3.72. The second kappa shape index (κ2) is 6.02. The van der Waals surface area contributed by atoms with E-state index in [2.05, 4.69) is 15.6 Å². The van der Waals surface area contributed by atoms with Crippen molar-refractivity contribution in [1.82, 2.24) is 25.2 Å². The van der Waals surface area contributed by atoms with Crippen LogP contribution >= 0.6 is 0 Å². The second-order valence-corrected chi connectivity index (χ2v) is 5.32. The number of aromatic nitrogens is 3. The fourth-order valence-corrected chi connectivity index (χ4v) is 2.29. The predicted molar refractivity (Wildman–Crippen MR) is 72.4 cm³/mol. The molecule has 0 saturated carbocycles. The van der Waals surface area contributed by atoms with Gasteiger partial charge in [-0.05, 0) is 5.92 Å². The van der Waals surface area contributed by atoms with Gasteiger partial charge < -0.3 is 10.2 Å². The number of nitrogens with one attached hydrogen (secondary N) is 1. The molecule has 2 atom stereocenters. The molecule has 2 amide bonds. The first-order valence-corrected chi connectivity index (χ1v) is 6.94. The van der Waals surface area contributed by atoms with Crippen molar-refractivity contribution in [1.29, 1.82) is 0 Å². The molecule has 1 fully saturated rings. The van der Waals surface area contributed by atoms with Crippen LogP contribution in [0.15, 0.2) is 6.20 Å². The van der Waals surface area contributed by atoms with Crippen LogP contribution in [0.2, 0.25) is 0 Å². The summed E-state index contributed by atoms with van der Waals surface area (Å²) in [6, 6.07) is -0.438. The van der Waals surface area contributed by atoms with E-state index in [0.717, 1.165) is 12.1 Å². The number of hydrogen-bond acceptors (Lipinski definition) is 4. The van der Waals surface area contributed by atoms with Gasteiger partial charge in [-0.1, -0.05) is 25.5 Å². The Labute approximate surface area is 118 Å². The molecule has 1 aliphatic heterocycles. The number of amides is 2. The molecule has 0 radical (unpaired) electrons. The molecule has 1 aromatic rings. The van der Waals surface area contributed by atoms with Gasteiger partial charge in [-0.2, -0.15) is 0 Å². The first-order chi connectivity index (χ1) is 9.51. The molecule has 0 aromatic carbocycles. The van der Waals surface area contributed by atoms with Crippen molar-refractivity contribution in [2.24, 2.45) is 13.0 Å². The summed E-state index contributed by atoms with van der Waals surface area (Å²) in [5.74, 6) is 0.0232. The van der Waals surface area contributed by atoms with Gasteiger partial charge in [-0.3, -0.25) is 14.3 Å². The van der Waals surface area contributed by atoms with Crippen LogP contribution in [0.3, 0.4) is 0 Å². The predicted octanol–water partition coefficient (Wildman–Crippen LogP) is 0.0783. The van der Waals surface area contributed by atoms with Crippen LogP contribution in [0, 0.1) is 5.92 Å². The molecule has 0 bridgehead atoms. The van der Waals surface area contributed by atoms with Crippen LogP contribution < -0.4 is 5.32 Å². The zero-order valence-corrected chi connectivity index (χ0v) is 12.2. The van der Waals surface area contributed by atoms with Gasteiger partial charge in [0, 0.05) is 26.2 Å². The molecule has 1 saturated heterocycles. The Hall–Kier alpha value is -1.92. The maximum Gasteiger partial charge on any atom is 0.245 e. The molecule has 7 nitrogen and oxygen atoms in total. The van der Waals surface area contributed by atoms with Crippen LogP contribution in [0.25, 0.3) is 0 Å².